The fourth-order valence-electron chi connectivity index (χ4n) is 5.41. The van der Waals surface area contributed by atoms with E-state index in [1.165, 1.54) is 23.1 Å². The lowest BCUT2D eigenvalue weighted by molar-refractivity contribution is -0.256. The summed E-state index contributed by atoms with van der Waals surface area (Å²) < 4.78 is 14.0. The zero-order valence-electron chi connectivity index (χ0n) is 18.3. The second-order valence-corrected chi connectivity index (χ2v) is 10.1. The van der Waals surface area contributed by atoms with Gasteiger partial charge in [-0.2, -0.15) is 0 Å². The van der Waals surface area contributed by atoms with Crippen molar-refractivity contribution in [1.29, 1.82) is 0 Å². The third kappa shape index (κ3) is 4.30. The molecule has 1 saturated carbocycles. The number of hydrogen-bond donors (Lipinski definition) is 0. The van der Waals surface area contributed by atoms with Crippen LogP contribution in [0.1, 0.15) is 76.2 Å². The summed E-state index contributed by atoms with van der Waals surface area (Å²) in [4.78, 5) is 2.05. The second kappa shape index (κ2) is 8.98. The molecule has 30 heavy (non-hydrogen) atoms. The van der Waals surface area contributed by atoms with E-state index in [0.717, 1.165) is 25.7 Å². The van der Waals surface area contributed by atoms with Gasteiger partial charge in [0.2, 0.25) is 0 Å². The van der Waals surface area contributed by atoms with Crippen molar-refractivity contribution in [2.75, 3.05) is 0 Å². The summed E-state index contributed by atoms with van der Waals surface area (Å²) >= 11 is 3.50. The molecule has 1 spiro atoms. The fourth-order valence-corrected chi connectivity index (χ4v) is 5.63. The van der Waals surface area contributed by atoms with Gasteiger partial charge in [0.25, 0.3) is 0 Å². The van der Waals surface area contributed by atoms with Crippen LogP contribution in [0.2, 0.25) is 0 Å². The Hall–Kier alpha value is -1.42. The van der Waals surface area contributed by atoms with E-state index in [9.17, 15) is 0 Å². The molecule has 1 aliphatic carbocycles. The van der Waals surface area contributed by atoms with Crippen LogP contribution in [-0.4, -0.2) is 5.79 Å². The average Bonchev–Trinajstić information content (AvgIpc) is 3.14. The molecule has 3 atom stereocenters. The van der Waals surface area contributed by atoms with Gasteiger partial charge in [0.15, 0.2) is 5.79 Å². The van der Waals surface area contributed by atoms with Crippen LogP contribution in [0.5, 0.6) is 0 Å². The molecule has 3 heteroatoms. The molecule has 0 aromatic heterocycles. The molecule has 2 fully saturated rings. The van der Waals surface area contributed by atoms with Gasteiger partial charge in [-0.1, -0.05) is 96.0 Å². The number of hydrogen-bond acceptors (Lipinski definition) is 2. The van der Waals surface area contributed by atoms with Crippen LogP contribution in [0.3, 0.4) is 0 Å². The summed E-state index contributed by atoms with van der Waals surface area (Å²) in [5.74, 6) is -0.184. The number of allylic oxidation sites excluding steroid dienone is 1. The minimum Gasteiger partial charge on any atom is -0.339 e. The second-order valence-electron chi connectivity index (χ2n) is 9.60. The summed E-state index contributed by atoms with van der Waals surface area (Å²) in [5, 5.41) is 0. The molecule has 1 aliphatic heterocycles. The molecule has 2 aromatic rings. The molecule has 0 unspecified atom stereocenters. The molecule has 4 rings (SSSR count). The number of benzene rings is 2. The van der Waals surface area contributed by atoms with Gasteiger partial charge in [-0.15, -0.1) is 0 Å². The van der Waals surface area contributed by atoms with E-state index < -0.39 is 5.79 Å². The standard InChI is InChI=1S/C27H33BrO2/c1-20(19-28)15-16-23-26(2,3)17-10-18-27(23)29-24(21-11-6-4-7-12-21)25(30-27)22-13-8-5-9-14-22/h4-9,11-14,19,23-25H,10,15-18H2,1-3H3/b20-19+/t23-,24+,25+/m0/s1. The Morgan fingerprint density at radius 2 is 1.47 bits per heavy atom. The van der Waals surface area contributed by atoms with Gasteiger partial charge in [0.05, 0.1) is 0 Å². The third-order valence-electron chi connectivity index (χ3n) is 7.02. The van der Waals surface area contributed by atoms with E-state index in [1.54, 1.807) is 0 Å². The lowest BCUT2D eigenvalue weighted by atomic mass is 9.63. The first-order valence-corrected chi connectivity index (χ1v) is 12.1. The maximum atomic E-state index is 7.00. The normalized spacial score (nSPS) is 28.0. The number of halogens is 1. The first kappa shape index (κ1) is 21.8. The quantitative estimate of drug-likeness (QED) is 0.440. The highest BCUT2D eigenvalue weighted by Gasteiger charge is 2.58. The van der Waals surface area contributed by atoms with Crippen molar-refractivity contribution in [2.24, 2.45) is 11.3 Å². The van der Waals surface area contributed by atoms with Gasteiger partial charge < -0.3 is 9.47 Å². The molecule has 160 valence electrons. The molecule has 0 N–H and O–H groups in total. The summed E-state index contributed by atoms with van der Waals surface area (Å²) in [6, 6.07) is 21.2. The Balaban J connectivity index is 1.72. The molecular formula is C27H33BrO2. The lowest BCUT2D eigenvalue weighted by Gasteiger charge is -2.49. The van der Waals surface area contributed by atoms with E-state index in [2.05, 4.69) is 97.4 Å². The van der Waals surface area contributed by atoms with Crippen molar-refractivity contribution < 1.29 is 9.47 Å². The Morgan fingerprint density at radius 3 is 1.97 bits per heavy atom. The molecule has 1 heterocycles. The summed E-state index contributed by atoms with van der Waals surface area (Å²) in [6.45, 7) is 6.98. The van der Waals surface area contributed by atoms with Crippen LogP contribution in [0.4, 0.5) is 0 Å². The van der Waals surface area contributed by atoms with Crippen LogP contribution in [0.25, 0.3) is 0 Å². The molecular weight excluding hydrogens is 436 g/mol. The number of ether oxygens (including phenoxy) is 2. The molecule has 0 radical (unpaired) electrons. The summed E-state index contributed by atoms with van der Waals surface area (Å²) in [5.41, 5.74) is 3.94. The SMILES string of the molecule is C/C(=C\Br)CC[C@H]1C(C)(C)CCCC12O[C@H](c1ccccc1)[C@@H](c1ccccc1)O2. The Morgan fingerprint density at radius 1 is 0.933 bits per heavy atom. The van der Waals surface area contributed by atoms with E-state index in [-0.39, 0.29) is 17.6 Å². The Kier molecular flexibility index (Phi) is 6.53. The van der Waals surface area contributed by atoms with E-state index in [1.807, 2.05) is 4.99 Å². The van der Waals surface area contributed by atoms with E-state index in [4.69, 9.17) is 9.47 Å². The average molecular weight is 469 g/mol. The van der Waals surface area contributed by atoms with Gasteiger partial charge in [-0.25, -0.2) is 0 Å². The fraction of sp³-hybridized carbons (Fsp3) is 0.481. The lowest BCUT2D eigenvalue weighted by Crippen LogP contribution is -2.50. The molecule has 0 amide bonds. The molecule has 2 nitrogen and oxygen atoms in total. The van der Waals surface area contributed by atoms with Gasteiger partial charge in [-0.05, 0) is 54.1 Å². The predicted octanol–water partition coefficient (Wildman–Crippen LogP) is 8.12. The van der Waals surface area contributed by atoms with Gasteiger partial charge in [0, 0.05) is 12.3 Å². The highest BCUT2D eigenvalue weighted by Crippen LogP contribution is 2.59. The first-order chi connectivity index (χ1) is 14.5. The summed E-state index contributed by atoms with van der Waals surface area (Å²) in [7, 11) is 0. The zero-order valence-corrected chi connectivity index (χ0v) is 19.9. The minimum absolute atomic E-state index is 0.0854. The molecule has 2 aromatic carbocycles. The van der Waals surface area contributed by atoms with Gasteiger partial charge in [-0.3, -0.25) is 0 Å². The highest BCUT2D eigenvalue weighted by atomic mass is 79.9. The molecule has 0 bridgehead atoms. The van der Waals surface area contributed by atoms with Gasteiger partial charge in [0.1, 0.15) is 12.2 Å². The van der Waals surface area contributed by atoms with Crippen molar-refractivity contribution >= 4 is 15.9 Å². The van der Waals surface area contributed by atoms with Crippen LogP contribution in [0.15, 0.2) is 71.2 Å². The number of rotatable bonds is 5. The maximum Gasteiger partial charge on any atom is 0.173 e. The minimum atomic E-state index is -0.532. The maximum absolute atomic E-state index is 7.00. The first-order valence-electron chi connectivity index (χ1n) is 11.2. The summed E-state index contributed by atoms with van der Waals surface area (Å²) in [6.07, 6.45) is 5.28. The van der Waals surface area contributed by atoms with Crippen molar-refractivity contribution in [1.82, 2.24) is 0 Å². The topological polar surface area (TPSA) is 18.5 Å². The Labute approximate surface area is 189 Å². The van der Waals surface area contributed by atoms with Crippen molar-refractivity contribution in [3.05, 3.63) is 82.3 Å². The van der Waals surface area contributed by atoms with Crippen LogP contribution in [0, 0.1) is 11.3 Å². The molecule has 2 aliphatic rings. The van der Waals surface area contributed by atoms with Crippen molar-refractivity contribution in [2.45, 2.75) is 70.9 Å². The zero-order chi connectivity index (χ0) is 21.2. The molecule has 1 saturated heterocycles. The van der Waals surface area contributed by atoms with Crippen molar-refractivity contribution in [3.63, 3.8) is 0 Å². The van der Waals surface area contributed by atoms with E-state index >= 15 is 0 Å². The Bertz CT molecular complexity index is 811. The van der Waals surface area contributed by atoms with Crippen LogP contribution >= 0.6 is 15.9 Å². The largest absolute Gasteiger partial charge is 0.339 e. The van der Waals surface area contributed by atoms with Crippen molar-refractivity contribution in [3.8, 4) is 0 Å². The van der Waals surface area contributed by atoms with Crippen LogP contribution in [-0.2, 0) is 9.47 Å². The van der Waals surface area contributed by atoms with Gasteiger partial charge >= 0.3 is 0 Å². The van der Waals surface area contributed by atoms with E-state index in [0.29, 0.717) is 5.92 Å². The monoisotopic (exact) mass is 468 g/mol. The highest BCUT2D eigenvalue weighted by molar-refractivity contribution is 9.11. The third-order valence-corrected chi connectivity index (χ3v) is 7.80. The smallest absolute Gasteiger partial charge is 0.173 e. The predicted molar refractivity (Wildman–Crippen MR) is 126 cm³/mol. The van der Waals surface area contributed by atoms with Crippen LogP contribution < -0.4 is 0 Å².